The van der Waals surface area contributed by atoms with Crippen molar-refractivity contribution in [2.45, 2.75) is 219 Å². The van der Waals surface area contributed by atoms with Crippen LogP contribution in [0.1, 0.15) is 191 Å². The van der Waals surface area contributed by atoms with Gasteiger partial charge in [0.2, 0.25) is 11.8 Å². The van der Waals surface area contributed by atoms with Gasteiger partial charge in [-0.05, 0) is 285 Å². The normalized spacial score (nSPS) is 18.0. The number of rotatable bonds is 14. The van der Waals surface area contributed by atoms with Crippen LogP contribution in [-0.2, 0) is 18.9 Å². The number of amides is 2. The van der Waals surface area contributed by atoms with E-state index in [9.17, 15) is 9.59 Å². The first-order valence-electron chi connectivity index (χ1n) is 51.5. The summed E-state index contributed by atoms with van der Waals surface area (Å²) in [7, 11) is -2.16. The molecule has 31 heteroatoms. The molecule has 5 N–H and O–H groups in total. The average Bonchev–Trinajstić information content (AvgIpc) is 1.56. The monoisotopic (exact) mass is 2490 g/mol. The van der Waals surface area contributed by atoms with E-state index in [1.807, 2.05) is 85.7 Å². The van der Waals surface area contributed by atoms with Crippen molar-refractivity contribution in [2.75, 3.05) is 101 Å². The van der Waals surface area contributed by atoms with E-state index >= 15 is 0 Å². The molecule has 23 nitrogen and oxygen atoms in total. The molecule has 0 atom stereocenters. The summed E-state index contributed by atoms with van der Waals surface area (Å²) in [5.74, 6) is -0.260. The number of benzene rings is 7. The fourth-order valence-electron chi connectivity index (χ4n) is 21.1. The van der Waals surface area contributed by atoms with Gasteiger partial charge in [0, 0.05) is 161 Å². The zero-order chi connectivity index (χ0) is 107. The second-order valence-electron chi connectivity index (χ2n) is 46.7. The molecule has 15 heterocycles. The molecule has 8 aromatic heterocycles. The first-order chi connectivity index (χ1) is 69.8. The Balaban J connectivity index is 0.000000130. The van der Waals surface area contributed by atoms with Crippen LogP contribution in [0, 0.1) is 39.6 Å². The van der Waals surface area contributed by atoms with E-state index in [1.165, 1.54) is 86.6 Å². The number of carbonyl (C=O) groups excluding carboxylic acids is 2. The Morgan fingerprint density at radius 2 is 0.777 bits per heavy atom. The summed E-state index contributed by atoms with van der Waals surface area (Å²) in [5, 5.41) is 0. The summed E-state index contributed by atoms with van der Waals surface area (Å²) in [6.07, 6.45) is 21.8. The smallest absolute Gasteiger partial charge is 0.399 e. The minimum atomic E-state index is -1.88. The number of imide groups is 1. The van der Waals surface area contributed by atoms with Gasteiger partial charge < -0.3 is 58.7 Å². The molecule has 7 fully saturated rings. The second kappa shape index (κ2) is 46.6. The lowest BCUT2D eigenvalue weighted by Gasteiger charge is -2.44. The Kier molecular flexibility index (Phi) is 35.5. The predicted octanol–water partition coefficient (Wildman–Crippen LogP) is 29.7. The number of aromatic nitrogens is 12. The molecule has 7 aliphatic heterocycles. The molecule has 0 aliphatic carbocycles. The largest absolute Gasteiger partial charge is 0.494 e. The molecule has 0 saturated carbocycles. The third-order valence-corrected chi connectivity index (χ3v) is 40.0. The molecule has 22 rings (SSSR count). The maximum Gasteiger partial charge on any atom is 0.494 e. The summed E-state index contributed by atoms with van der Waals surface area (Å²) in [6.45, 7) is 61.1. The van der Waals surface area contributed by atoms with Crippen molar-refractivity contribution in [3.05, 3.63) is 257 Å². The van der Waals surface area contributed by atoms with Gasteiger partial charge in [-0.3, -0.25) is 14.5 Å². The Morgan fingerprint density at radius 1 is 0.405 bits per heavy atom. The summed E-state index contributed by atoms with van der Waals surface area (Å²) in [4.78, 5) is 83.5. The first kappa shape index (κ1) is 113. The minimum Gasteiger partial charge on any atom is -0.399 e. The number of hydrogen-bond acceptors (Lipinski definition) is 18. The predicted molar refractivity (Wildman–Crippen MR) is 648 cm³/mol. The van der Waals surface area contributed by atoms with Crippen LogP contribution in [-0.4, -0.2) is 163 Å². The Bertz CT molecular complexity index is 7130. The van der Waals surface area contributed by atoms with Crippen molar-refractivity contribution in [3.63, 3.8) is 0 Å². The highest BCUT2D eigenvalue weighted by Gasteiger charge is 2.53. The van der Waals surface area contributed by atoms with Gasteiger partial charge in [0.1, 0.15) is 26.7 Å². The number of nitrogen functional groups attached to an aromatic ring is 1. The van der Waals surface area contributed by atoms with Crippen molar-refractivity contribution in [1.82, 2.24) is 59.1 Å². The van der Waals surface area contributed by atoms with Crippen LogP contribution < -0.4 is 40.6 Å². The van der Waals surface area contributed by atoms with E-state index in [4.69, 9.17) is 30.0 Å². The van der Waals surface area contributed by atoms with Gasteiger partial charge in [0.15, 0.2) is 30.8 Å². The third kappa shape index (κ3) is 27.4. The summed E-state index contributed by atoms with van der Waals surface area (Å²) in [6, 6.07) is 61.9. The Morgan fingerprint density at radius 3 is 1.18 bits per heavy atom. The topological polar surface area (TPSA) is 253 Å². The number of nitrogens with two attached hydrogens (primary N) is 1. The van der Waals surface area contributed by atoms with Gasteiger partial charge in [0.25, 0.3) is 0 Å². The molecule has 0 spiro atoms. The van der Waals surface area contributed by atoms with E-state index in [0.717, 1.165) is 159 Å². The Hall–Kier alpha value is -9.46. The molecule has 0 bridgehead atoms. The van der Waals surface area contributed by atoms with Gasteiger partial charge in [0.05, 0.1) is 71.3 Å². The molecule has 0 radical (unpaired) electrons. The highest BCUT2D eigenvalue weighted by molar-refractivity contribution is 14.1. The lowest BCUT2D eigenvalue weighted by Crippen LogP contribution is -2.51. The van der Waals surface area contributed by atoms with E-state index < -0.39 is 13.7 Å². The molecular weight excluding hydrogens is 2350 g/mol. The molecule has 7 saturated heterocycles. The average molecular weight is 2490 g/mol. The fourth-order valence-corrected chi connectivity index (χ4v) is 30.6. The van der Waals surface area contributed by atoms with Crippen LogP contribution in [0.3, 0.4) is 0 Å². The van der Waals surface area contributed by atoms with Crippen molar-refractivity contribution in [2.24, 2.45) is 32.5 Å². The second-order valence-corrected chi connectivity index (χ2v) is 58.3. The van der Waals surface area contributed by atoms with Crippen molar-refractivity contribution in [3.8, 4) is 33.8 Å². The van der Waals surface area contributed by atoms with E-state index in [2.05, 4.69) is 444 Å². The van der Waals surface area contributed by atoms with Gasteiger partial charge >= 0.3 is 7.12 Å². The van der Waals surface area contributed by atoms with Crippen LogP contribution in [0.25, 0.3) is 78.4 Å². The van der Waals surface area contributed by atoms with Crippen LogP contribution in [0.2, 0.25) is 16.6 Å². The molecule has 780 valence electrons. The number of nitrogens with zero attached hydrogens (tertiary/aromatic N) is 15. The number of H-pyrrole nitrogens is 3. The molecule has 15 aromatic rings. The molecule has 0 unspecified atom stereocenters. The lowest BCUT2D eigenvalue weighted by molar-refractivity contribution is -0.124. The summed E-state index contributed by atoms with van der Waals surface area (Å²) in [5.41, 5.74) is 30.7. The van der Waals surface area contributed by atoms with E-state index in [1.54, 1.807) is 32.2 Å². The van der Waals surface area contributed by atoms with Gasteiger partial charge in [-0.2, -0.15) is 0 Å². The molecule has 7 aliphatic rings. The fraction of sp³-hybridized carbons (Fsp3) is 0.419. The highest BCUT2D eigenvalue weighted by Crippen LogP contribution is 2.48. The van der Waals surface area contributed by atoms with Crippen molar-refractivity contribution >= 4 is 226 Å². The van der Waals surface area contributed by atoms with Crippen LogP contribution in [0.15, 0.2) is 250 Å². The van der Waals surface area contributed by atoms with Crippen LogP contribution in [0.5, 0.6) is 0 Å². The van der Waals surface area contributed by atoms with Crippen molar-refractivity contribution < 1.29 is 18.9 Å². The molecule has 2 amide bonds. The van der Waals surface area contributed by atoms with Crippen LogP contribution in [0.4, 0.5) is 39.8 Å². The zero-order valence-corrected chi connectivity index (χ0v) is 101. The maximum absolute atomic E-state index is 12.0. The quantitative estimate of drug-likeness (QED) is 0.0342. The standard InChI is InChI=1S/C27H39IN4Si.C18H28BNO2.C18H19IN4.C18H20N4.C12H12BrNO2.C12H16BrN.C6H4BrN3.C6H6BrN/c1-18(2)33(19(3)4,20(5)6)32-16-23(28)25-26(32)29-15-24(30-25)21-10-9-11-22(14-21)31-13-12-27(7,8)17-31;1-16(2)10-11-20(13-16)15-9-7-8-14(12-15)19-21-17(3,4)18(5,6)22-19;1-18(2)6-7-23(11-18)13-5-3-4-12(8-13)15-10-21-17-16(22-15)14(19)9-20-17;1-18(2)7-9-22(12-18)14-5-3-4-13(10-14)16-11-20-17-15(21-16)6-8-19-17;1-12(2)7-10(15)14(11(12)16)9-5-3-4-8(13)6-9;1-12(2)6-7-14(9-12)11-5-3-4-10(13)8-11;7-5-3-9-6-4(10-5)1-2-8-6;7-5-2-1-3-6(8)4-5/h9-11,14-16,18-20H,12-13,17H2,1-8H3;7-9,12H,10-11,13H2,1-6H3;3-5,8-10H,6-7,11H2,1-2H3,(H,20,21);3-6,8,10-11H,7,9,12H2,1-2H3,(H,19,20);3-6H,7H2,1-2H3;3-5,8H,6-7,9H2,1-2H3;1-3H,(H,8,9);1-4H,8H2. The number of aromatic amines is 3. The highest BCUT2D eigenvalue weighted by atomic mass is 127. The SMILES string of the molecule is Brc1cnc2[nH]ccc2n1.CC(C)[Si](C(C)C)(C(C)C)n1cc(I)c2nc(-c3cccc(N4CCC(C)(C)C4)c3)cnc21.CC1(C)CC(=O)N(c2cccc(Br)c2)C1=O.CC1(C)CCN(c2cccc(-c3cnc4[nH]cc(I)c4n3)c2)C1.CC1(C)CCN(c2cccc(-c3cnc4[nH]ccc4n3)c2)C1.CC1(C)CCN(c2cccc(B3OC(C)(C)C(C)(C)O3)c2)C1.CC1(C)CCN(c2cccc(Br)c2)C1.Nc1cccc(Br)c1. The Labute approximate surface area is 937 Å². The summed E-state index contributed by atoms with van der Waals surface area (Å²) < 4.78 is 21.0. The summed E-state index contributed by atoms with van der Waals surface area (Å²) >= 11 is 18.1. The third-order valence-electron chi connectivity index (χ3n) is 29.9. The number of carbonyl (C=O) groups is 2. The number of halogens is 6. The molecule has 7 aromatic carbocycles. The molecular formula is C117H144BBr4I2N19O4Si. The minimum absolute atomic E-state index is 0.129. The number of hydrogen-bond donors (Lipinski definition) is 4. The number of anilines is 7. The van der Waals surface area contributed by atoms with E-state index in [-0.39, 0.29) is 36.6 Å². The molecule has 148 heavy (non-hydrogen) atoms. The van der Waals surface area contributed by atoms with Crippen LogP contribution >= 0.6 is 109 Å². The first-order valence-corrected chi connectivity index (χ1v) is 59.0. The lowest BCUT2D eigenvalue weighted by atomic mass is 9.79. The maximum atomic E-state index is 12.0. The number of fused-ring (bicyclic) bond motifs is 4. The van der Waals surface area contributed by atoms with Gasteiger partial charge in [-0.25, -0.2) is 39.9 Å². The van der Waals surface area contributed by atoms with Gasteiger partial charge in [-0.15, -0.1) is 0 Å². The zero-order valence-electron chi connectivity index (χ0n) is 89.7. The van der Waals surface area contributed by atoms with E-state index in [0.29, 0.717) is 49.4 Å². The van der Waals surface area contributed by atoms with Crippen molar-refractivity contribution in [1.29, 1.82) is 0 Å². The van der Waals surface area contributed by atoms with Gasteiger partial charge in [-0.1, -0.05) is 239 Å². The number of nitrogens with one attached hydrogen (secondary N) is 3.